The third kappa shape index (κ3) is 17.0. The van der Waals surface area contributed by atoms with Crippen LogP contribution in [-0.4, -0.2) is 172 Å². The van der Waals surface area contributed by atoms with E-state index < -0.39 is 59.4 Å². The van der Waals surface area contributed by atoms with Crippen molar-refractivity contribution in [1.82, 2.24) is 35.2 Å². The number of imide groups is 1. The van der Waals surface area contributed by atoms with E-state index in [0.29, 0.717) is 45.1 Å². The number of carbonyl (C=O) groups excluding carboxylic acids is 7. The lowest BCUT2D eigenvalue weighted by atomic mass is 9.89. The highest BCUT2D eigenvalue weighted by molar-refractivity contribution is 8.00. The monoisotopic (exact) mass is 1080 g/mol. The molecule has 19 nitrogen and oxygen atoms in total. The van der Waals surface area contributed by atoms with Crippen molar-refractivity contribution in [1.29, 1.82) is 0 Å². The Morgan fingerprint density at radius 2 is 1.63 bits per heavy atom. The van der Waals surface area contributed by atoms with Gasteiger partial charge in [0.05, 0.1) is 47.9 Å². The lowest BCUT2D eigenvalue weighted by molar-refractivity contribution is -0.148. The van der Waals surface area contributed by atoms with E-state index in [1.54, 1.807) is 37.2 Å². The fourth-order valence-corrected chi connectivity index (χ4v) is 12.1. The van der Waals surface area contributed by atoms with Gasteiger partial charge in [-0.15, -0.1) is 23.1 Å². The zero-order valence-electron chi connectivity index (χ0n) is 45.9. The van der Waals surface area contributed by atoms with Gasteiger partial charge in [0.2, 0.25) is 41.4 Å². The zero-order valence-corrected chi connectivity index (χ0v) is 47.5. The van der Waals surface area contributed by atoms with Crippen LogP contribution >= 0.6 is 23.1 Å². The molecule has 0 radical (unpaired) electrons. The van der Waals surface area contributed by atoms with Crippen LogP contribution in [0.5, 0.6) is 0 Å². The maximum Gasteiger partial charge on any atom is 0.321 e. The van der Waals surface area contributed by atoms with Gasteiger partial charge in [-0.2, -0.15) is 0 Å². The number of thiazole rings is 1. The molecule has 21 heteroatoms. The summed E-state index contributed by atoms with van der Waals surface area (Å²) < 4.78 is 12.2. The van der Waals surface area contributed by atoms with Crippen LogP contribution in [0.2, 0.25) is 0 Å². The molecule has 2 fully saturated rings. The lowest BCUT2D eigenvalue weighted by Gasteiger charge is -2.41. The number of carboxylic acids is 1. The van der Waals surface area contributed by atoms with E-state index in [9.17, 15) is 38.4 Å². The maximum absolute atomic E-state index is 14.7. The molecule has 5 N–H and O–H groups in total. The third-order valence-corrected chi connectivity index (χ3v) is 17.0. The van der Waals surface area contributed by atoms with Crippen LogP contribution in [0.3, 0.4) is 0 Å². The summed E-state index contributed by atoms with van der Waals surface area (Å²) in [5.74, 6) is -4.77. The van der Waals surface area contributed by atoms with Crippen LogP contribution < -0.4 is 16.4 Å². The lowest BCUT2D eigenvalue weighted by Crippen LogP contribution is -2.60. The van der Waals surface area contributed by atoms with Gasteiger partial charge >= 0.3 is 5.97 Å². The SMILES string of the molecule is CCC(C)C(C(CC(=O)N1CCCC1C(OC)C(C)C(=O)NC(Cc1ccccc1)c1nccs1)OC)N(C)C(=O)C(NC(=O)C(C(C)C)N(C)C(=O)CCCCCN1C(=O)CC(SCC(N)C(=O)O)C1=O)C(C)C. The number of methoxy groups -OCH3 is 2. The molecule has 4 rings (SSSR count). The molecule has 3 heterocycles. The molecule has 7 amide bonds. The van der Waals surface area contributed by atoms with Crippen molar-refractivity contribution in [2.75, 3.05) is 47.2 Å². The highest BCUT2D eigenvalue weighted by Crippen LogP contribution is 2.31. The molecule has 75 heavy (non-hydrogen) atoms. The number of nitrogens with two attached hydrogens (primary N) is 1. The topological polar surface area (TPSA) is 251 Å². The Balaban J connectivity index is 1.38. The van der Waals surface area contributed by atoms with Gasteiger partial charge in [-0.05, 0) is 55.4 Å². The number of amides is 7. The molecule has 11 unspecified atom stereocenters. The van der Waals surface area contributed by atoms with Crippen molar-refractivity contribution in [2.24, 2.45) is 29.4 Å². The van der Waals surface area contributed by atoms with Crippen molar-refractivity contribution in [3.05, 3.63) is 52.5 Å². The van der Waals surface area contributed by atoms with E-state index in [0.717, 1.165) is 28.8 Å². The number of hydrogen-bond donors (Lipinski definition) is 4. The van der Waals surface area contributed by atoms with Crippen molar-refractivity contribution in [2.45, 2.75) is 166 Å². The summed E-state index contributed by atoms with van der Waals surface area (Å²) in [5.41, 5.74) is 6.63. The number of unbranched alkanes of at least 4 members (excludes halogenated alkanes) is 2. The van der Waals surface area contributed by atoms with E-state index in [4.69, 9.17) is 20.3 Å². The first-order chi connectivity index (χ1) is 35.6. The van der Waals surface area contributed by atoms with Gasteiger partial charge < -0.3 is 45.6 Å². The molecular formula is C54H84N8O11S2. The molecule has 2 aliphatic heterocycles. The van der Waals surface area contributed by atoms with Gasteiger partial charge in [-0.3, -0.25) is 43.3 Å². The number of aromatic nitrogens is 1. The summed E-state index contributed by atoms with van der Waals surface area (Å²) in [4.78, 5) is 118. The summed E-state index contributed by atoms with van der Waals surface area (Å²) in [6, 6.07) is 5.60. The quantitative estimate of drug-likeness (QED) is 0.0578. The van der Waals surface area contributed by atoms with Gasteiger partial charge in [-0.1, -0.05) is 91.6 Å². The molecule has 0 bridgehead atoms. The third-order valence-electron chi connectivity index (χ3n) is 14.8. The molecule has 11 atom stereocenters. The number of carbonyl (C=O) groups is 8. The second-order valence-electron chi connectivity index (χ2n) is 20.8. The number of nitrogens with one attached hydrogen (secondary N) is 2. The Labute approximate surface area is 452 Å². The molecular weight excluding hydrogens is 1000 g/mol. The molecule has 2 saturated heterocycles. The van der Waals surface area contributed by atoms with Crippen molar-refractivity contribution in [3.8, 4) is 0 Å². The second kappa shape index (κ2) is 30.1. The van der Waals surface area contributed by atoms with Crippen molar-refractivity contribution < 1.29 is 52.9 Å². The standard InChI is InChI=1S/C54H84N8O11S2/c1-12-34(6)47(40(72-10)29-43(64)61-26-19-22-39(61)48(73-11)35(7)49(66)57-38(51-56-24-27-74-51)28-36-20-15-13-16-21-36)60(9)53(69)45(32(2)3)58-50(67)46(33(4)5)59(8)42(63)23-17-14-18-25-62-44(65)30-41(52(62)68)75-31-37(55)54(70)71/h13,15-16,20-21,24,27,32-35,37-41,45-48H,12,14,17-19,22-23,25-26,28-31,55H2,1-11H3,(H,57,66)(H,58,67)(H,70,71). The van der Waals surface area contributed by atoms with Crippen molar-refractivity contribution >= 4 is 70.4 Å². The fraction of sp³-hybridized carbons (Fsp3) is 0.685. The van der Waals surface area contributed by atoms with E-state index in [1.807, 2.05) is 84.2 Å². The predicted octanol–water partition coefficient (Wildman–Crippen LogP) is 4.92. The summed E-state index contributed by atoms with van der Waals surface area (Å²) in [7, 11) is 6.34. The van der Waals surface area contributed by atoms with Crippen LogP contribution in [0.1, 0.15) is 123 Å². The number of ether oxygens (including phenoxy) is 2. The van der Waals surface area contributed by atoms with Crippen LogP contribution in [-0.2, 0) is 54.3 Å². The minimum absolute atomic E-state index is 0.00946. The van der Waals surface area contributed by atoms with Crippen LogP contribution in [0.15, 0.2) is 41.9 Å². The Kier molecular flexibility index (Phi) is 25.1. The number of hydrogen-bond acceptors (Lipinski definition) is 14. The fourth-order valence-electron chi connectivity index (χ4n) is 10.3. The van der Waals surface area contributed by atoms with Gasteiger partial charge in [0.1, 0.15) is 23.1 Å². The van der Waals surface area contributed by atoms with Gasteiger partial charge in [0.15, 0.2) is 0 Å². The summed E-state index contributed by atoms with van der Waals surface area (Å²) in [6.45, 7) is 13.8. The molecule has 418 valence electrons. The summed E-state index contributed by atoms with van der Waals surface area (Å²) >= 11 is 2.54. The summed E-state index contributed by atoms with van der Waals surface area (Å²) in [5, 5.41) is 17.3. The molecule has 2 aliphatic rings. The number of nitrogens with zero attached hydrogens (tertiary/aromatic N) is 5. The highest BCUT2D eigenvalue weighted by atomic mass is 32.2. The first-order valence-corrected chi connectivity index (χ1v) is 28.4. The number of thioether (sulfide) groups is 1. The second-order valence-corrected chi connectivity index (χ2v) is 23.0. The number of rotatable bonds is 31. The maximum atomic E-state index is 14.7. The number of carboxylic acid groups (broad SMARTS) is 1. The number of likely N-dealkylation sites (tertiary alicyclic amines) is 2. The smallest absolute Gasteiger partial charge is 0.321 e. The number of aliphatic carboxylic acids is 1. The number of likely N-dealkylation sites (N-methyl/N-ethyl adjacent to an activating group) is 2. The van der Waals surface area contributed by atoms with E-state index in [2.05, 4.69) is 15.6 Å². The van der Waals surface area contributed by atoms with Crippen LogP contribution in [0, 0.1) is 23.7 Å². The Morgan fingerprint density at radius 1 is 0.933 bits per heavy atom. The van der Waals surface area contributed by atoms with Crippen LogP contribution in [0.4, 0.5) is 0 Å². The normalized spacial score (nSPS) is 19.5. The predicted molar refractivity (Wildman–Crippen MR) is 289 cm³/mol. The Morgan fingerprint density at radius 3 is 2.21 bits per heavy atom. The van der Waals surface area contributed by atoms with E-state index in [-0.39, 0.29) is 96.8 Å². The van der Waals surface area contributed by atoms with Gasteiger partial charge in [0, 0.05) is 71.6 Å². The zero-order chi connectivity index (χ0) is 55.7. The van der Waals surface area contributed by atoms with Gasteiger partial charge in [-0.25, -0.2) is 4.98 Å². The van der Waals surface area contributed by atoms with E-state index >= 15 is 0 Å². The molecule has 0 spiro atoms. The van der Waals surface area contributed by atoms with Crippen LogP contribution in [0.25, 0.3) is 0 Å². The minimum atomic E-state index is -1.18. The molecule has 0 aliphatic carbocycles. The molecule has 0 saturated carbocycles. The average Bonchev–Trinajstić information content (AvgIpc) is 4.16. The van der Waals surface area contributed by atoms with Gasteiger partial charge in [0.25, 0.3) is 0 Å². The largest absolute Gasteiger partial charge is 0.480 e. The number of benzene rings is 1. The van der Waals surface area contributed by atoms with E-state index in [1.165, 1.54) is 28.2 Å². The first-order valence-electron chi connectivity index (χ1n) is 26.4. The molecule has 2 aromatic rings. The summed E-state index contributed by atoms with van der Waals surface area (Å²) in [6.07, 6.45) is 4.49. The molecule has 1 aromatic heterocycles. The van der Waals surface area contributed by atoms with Crippen molar-refractivity contribution in [3.63, 3.8) is 0 Å². The Hall–Kier alpha value is -4.96. The average molecular weight is 1090 g/mol. The molecule has 1 aromatic carbocycles. The highest BCUT2D eigenvalue weighted by Gasteiger charge is 2.44. The first kappa shape index (κ1) is 62.6. The minimum Gasteiger partial charge on any atom is -0.480 e. The Bertz CT molecular complexity index is 2200.